The van der Waals surface area contributed by atoms with Crippen LogP contribution in [0.1, 0.15) is 71.3 Å². The summed E-state index contributed by atoms with van der Waals surface area (Å²) in [4.78, 5) is 10.4. The largest absolute Gasteiger partial charge is 1.00 e. The van der Waals surface area contributed by atoms with Gasteiger partial charge in [-0.15, -0.1) is 0 Å². The van der Waals surface area contributed by atoms with Crippen molar-refractivity contribution in [3.63, 3.8) is 0 Å². The molecule has 174 valence electrons. The van der Waals surface area contributed by atoms with Crippen LogP contribution < -0.4 is 28.2 Å². The van der Waals surface area contributed by atoms with Crippen LogP contribution in [-0.4, -0.2) is 50.2 Å². The van der Waals surface area contributed by atoms with E-state index >= 15 is 0 Å². The van der Waals surface area contributed by atoms with E-state index in [1.165, 1.54) is 50.9 Å². The second-order valence-corrected chi connectivity index (χ2v) is 8.09. The lowest BCUT2D eigenvalue weighted by Crippen LogP contribution is -3.00. The average molecular weight is 442 g/mol. The van der Waals surface area contributed by atoms with Crippen molar-refractivity contribution >= 4 is 12.1 Å². The van der Waals surface area contributed by atoms with Crippen LogP contribution in [-0.2, 0) is 11.2 Å². The van der Waals surface area contributed by atoms with Crippen LogP contribution >= 0.6 is 0 Å². The first-order chi connectivity index (χ1) is 14.1. The molecule has 3 N–H and O–H groups in total. The number of halogens is 1. The Labute approximate surface area is 190 Å². The molecule has 30 heavy (non-hydrogen) atoms. The van der Waals surface area contributed by atoms with Gasteiger partial charge in [0.25, 0.3) is 0 Å². The fraction of sp³-hybridized carbons (Fsp3) is 0.708. The van der Waals surface area contributed by atoms with Gasteiger partial charge in [-0.25, -0.2) is 0 Å². The minimum atomic E-state index is 0. The van der Waals surface area contributed by atoms with E-state index in [-0.39, 0.29) is 12.4 Å². The molecular weight excluding hydrogens is 398 g/mol. The molecule has 1 aromatic carbocycles. The van der Waals surface area contributed by atoms with Gasteiger partial charge in [0.1, 0.15) is 5.75 Å². The lowest BCUT2D eigenvalue weighted by atomic mass is 10.0. The van der Waals surface area contributed by atoms with Gasteiger partial charge in [0, 0.05) is 13.0 Å². The van der Waals surface area contributed by atoms with Crippen molar-refractivity contribution < 1.29 is 26.4 Å². The number of unbranched alkanes of at least 4 members (excludes halogenated alkanes) is 4. The Morgan fingerprint density at radius 2 is 1.70 bits per heavy atom. The second-order valence-electron chi connectivity index (χ2n) is 8.09. The van der Waals surface area contributed by atoms with Gasteiger partial charge in [-0.3, -0.25) is 4.79 Å². The van der Waals surface area contributed by atoms with E-state index in [2.05, 4.69) is 38.2 Å². The first-order valence-electron chi connectivity index (χ1n) is 11.6. The highest BCUT2D eigenvalue weighted by Crippen LogP contribution is 2.24. The number of nitrogens with one attached hydrogen (secondary N) is 1. The Hall–Kier alpha value is -1.46. The molecule has 6 heteroatoms. The molecule has 0 atom stereocenters. The molecule has 0 unspecified atom stereocenters. The zero-order valence-corrected chi connectivity index (χ0v) is 20.2. The first-order valence-corrected chi connectivity index (χ1v) is 11.6. The standard InChI is InChI=1S/C24H43N3O2.ClH/c1-4-7-19-29-24-15-14-22(20-23(24)25)13-10-8-9-11-17-27(5-2,6-3)18-12-16-26-21-28;/h14-15,20-21H,4-13,16-19,25H2,1-3H3;1H. The number of quaternary nitrogens is 1. The van der Waals surface area contributed by atoms with E-state index in [0.29, 0.717) is 0 Å². The van der Waals surface area contributed by atoms with E-state index in [4.69, 9.17) is 10.5 Å². The number of nitrogen functional groups attached to an aromatic ring is 1. The number of anilines is 1. The predicted octanol–water partition coefficient (Wildman–Crippen LogP) is 1.55. The molecule has 0 aliphatic rings. The third kappa shape index (κ3) is 11.1. The van der Waals surface area contributed by atoms with Crippen molar-refractivity contribution in [2.45, 2.75) is 72.1 Å². The summed E-state index contributed by atoms with van der Waals surface area (Å²) in [5.41, 5.74) is 8.21. The number of amides is 1. The van der Waals surface area contributed by atoms with Crippen molar-refractivity contribution in [2.24, 2.45) is 0 Å². The number of nitrogens with zero attached hydrogens (tertiary/aromatic N) is 1. The molecule has 0 heterocycles. The molecule has 0 radical (unpaired) electrons. The molecule has 1 rings (SSSR count). The van der Waals surface area contributed by atoms with Gasteiger partial charge >= 0.3 is 0 Å². The Balaban J connectivity index is 0.00000841. The van der Waals surface area contributed by atoms with Crippen LogP contribution in [0, 0.1) is 0 Å². The number of hydrogen-bond donors (Lipinski definition) is 2. The molecule has 0 fully saturated rings. The minimum absolute atomic E-state index is 0. The topological polar surface area (TPSA) is 64.3 Å². The Bertz CT molecular complexity index is 565. The van der Waals surface area contributed by atoms with Gasteiger partial charge in [-0.2, -0.15) is 0 Å². The maximum atomic E-state index is 10.4. The van der Waals surface area contributed by atoms with Gasteiger partial charge in [0.2, 0.25) is 6.41 Å². The van der Waals surface area contributed by atoms with Crippen LogP contribution in [0.5, 0.6) is 5.75 Å². The van der Waals surface area contributed by atoms with Crippen LogP contribution in [0.2, 0.25) is 0 Å². The van der Waals surface area contributed by atoms with E-state index in [9.17, 15) is 4.79 Å². The average Bonchev–Trinajstić information content (AvgIpc) is 2.74. The number of aryl methyl sites for hydroxylation is 1. The number of rotatable bonds is 18. The number of carbonyl (C=O) groups is 1. The maximum Gasteiger partial charge on any atom is 0.207 e. The van der Waals surface area contributed by atoms with Gasteiger partial charge in [0.05, 0.1) is 38.5 Å². The molecule has 0 aliphatic heterocycles. The molecule has 0 aromatic heterocycles. The van der Waals surface area contributed by atoms with Gasteiger partial charge in [0.15, 0.2) is 0 Å². The van der Waals surface area contributed by atoms with Crippen molar-refractivity contribution in [1.29, 1.82) is 0 Å². The summed E-state index contributed by atoms with van der Waals surface area (Å²) in [5, 5.41) is 2.78. The molecule has 1 aromatic rings. The fourth-order valence-electron chi connectivity index (χ4n) is 3.88. The molecule has 0 saturated carbocycles. The fourth-order valence-corrected chi connectivity index (χ4v) is 3.88. The smallest absolute Gasteiger partial charge is 0.207 e. The molecule has 0 spiro atoms. The normalized spacial score (nSPS) is 11.0. The summed E-state index contributed by atoms with van der Waals surface area (Å²) < 4.78 is 6.90. The van der Waals surface area contributed by atoms with Gasteiger partial charge < -0.3 is 32.7 Å². The minimum Gasteiger partial charge on any atom is -1.00 e. The number of hydrogen-bond acceptors (Lipinski definition) is 3. The number of nitrogens with two attached hydrogens (primary N) is 1. The van der Waals surface area contributed by atoms with Crippen LogP contribution in [0.25, 0.3) is 0 Å². The highest BCUT2D eigenvalue weighted by atomic mass is 35.5. The summed E-state index contributed by atoms with van der Waals surface area (Å²) in [7, 11) is 0. The number of carbonyl (C=O) groups excluding carboxylic acids is 1. The number of benzene rings is 1. The predicted molar refractivity (Wildman–Crippen MR) is 123 cm³/mol. The lowest BCUT2D eigenvalue weighted by molar-refractivity contribution is -0.925. The lowest BCUT2D eigenvalue weighted by Gasteiger charge is -2.37. The Morgan fingerprint density at radius 3 is 2.33 bits per heavy atom. The van der Waals surface area contributed by atoms with Crippen molar-refractivity contribution in [2.75, 3.05) is 45.1 Å². The quantitative estimate of drug-likeness (QED) is 0.157. The van der Waals surface area contributed by atoms with E-state index in [1.807, 2.05) is 6.07 Å². The molecule has 0 bridgehead atoms. The Morgan fingerprint density at radius 1 is 1.00 bits per heavy atom. The highest BCUT2D eigenvalue weighted by Gasteiger charge is 2.21. The van der Waals surface area contributed by atoms with E-state index < -0.39 is 0 Å². The summed E-state index contributed by atoms with van der Waals surface area (Å²) in [6.45, 7) is 13.0. The third-order valence-electron chi connectivity index (χ3n) is 6.06. The SMILES string of the molecule is CCCCOc1ccc(CCCCCC[N+](CC)(CC)CCCNC=O)cc1N.[Cl-]. The summed E-state index contributed by atoms with van der Waals surface area (Å²) in [6.07, 6.45) is 10.1. The zero-order chi connectivity index (χ0) is 21.4. The van der Waals surface area contributed by atoms with Gasteiger partial charge in [-0.05, 0) is 63.6 Å². The number of ether oxygens (including phenoxy) is 1. The van der Waals surface area contributed by atoms with Crippen LogP contribution in [0.3, 0.4) is 0 Å². The van der Waals surface area contributed by atoms with Crippen molar-refractivity contribution in [3.05, 3.63) is 23.8 Å². The maximum absolute atomic E-state index is 10.4. The van der Waals surface area contributed by atoms with E-state index in [1.54, 1.807) is 0 Å². The molecule has 0 aliphatic carbocycles. The van der Waals surface area contributed by atoms with Gasteiger partial charge in [-0.1, -0.05) is 25.8 Å². The monoisotopic (exact) mass is 441 g/mol. The van der Waals surface area contributed by atoms with Crippen molar-refractivity contribution in [3.8, 4) is 5.75 Å². The highest BCUT2D eigenvalue weighted by molar-refractivity contribution is 5.54. The first kappa shape index (κ1) is 28.5. The summed E-state index contributed by atoms with van der Waals surface area (Å²) in [5.74, 6) is 0.818. The zero-order valence-electron chi connectivity index (χ0n) is 19.4. The summed E-state index contributed by atoms with van der Waals surface area (Å²) >= 11 is 0. The van der Waals surface area contributed by atoms with Crippen molar-refractivity contribution in [1.82, 2.24) is 5.32 Å². The molecule has 1 amide bonds. The van der Waals surface area contributed by atoms with E-state index in [0.717, 1.165) is 67.7 Å². The van der Waals surface area contributed by atoms with Crippen LogP contribution in [0.4, 0.5) is 5.69 Å². The van der Waals surface area contributed by atoms with Crippen LogP contribution in [0.15, 0.2) is 18.2 Å². The summed E-state index contributed by atoms with van der Waals surface area (Å²) in [6, 6.07) is 6.25. The molecule has 0 saturated heterocycles. The second kappa shape index (κ2) is 17.2. The Kier molecular flexibility index (Phi) is 16.4. The molecular formula is C24H44ClN3O2. The molecule has 5 nitrogen and oxygen atoms in total. The third-order valence-corrected chi connectivity index (χ3v) is 6.06.